The van der Waals surface area contributed by atoms with E-state index in [0.29, 0.717) is 5.41 Å². The van der Waals surface area contributed by atoms with Crippen molar-refractivity contribution in [1.29, 1.82) is 0 Å². The molecule has 1 nitrogen and oxygen atoms in total. The molecule has 2 fully saturated rings. The summed E-state index contributed by atoms with van der Waals surface area (Å²) in [5, 5.41) is 3.66. The monoisotopic (exact) mass is 271 g/mol. The zero-order chi connectivity index (χ0) is 13.8. The van der Waals surface area contributed by atoms with E-state index in [1.807, 2.05) is 0 Å². The summed E-state index contributed by atoms with van der Waals surface area (Å²) >= 11 is 0. The smallest absolute Gasteiger partial charge is 0.00255 e. The summed E-state index contributed by atoms with van der Waals surface area (Å²) < 4.78 is 0. The van der Waals surface area contributed by atoms with E-state index in [1.165, 1.54) is 70.0 Å². The lowest BCUT2D eigenvalue weighted by Gasteiger charge is -2.46. The van der Waals surface area contributed by atoms with E-state index in [1.54, 1.807) is 5.56 Å². The molecule has 1 atom stereocenters. The topological polar surface area (TPSA) is 12.0 Å². The molecule has 1 heteroatoms. The van der Waals surface area contributed by atoms with Crippen LogP contribution >= 0.6 is 0 Å². The summed E-state index contributed by atoms with van der Waals surface area (Å²) in [6, 6.07) is 9.27. The van der Waals surface area contributed by atoms with Crippen molar-refractivity contribution in [2.75, 3.05) is 13.1 Å². The van der Waals surface area contributed by atoms with Crippen LogP contribution in [0, 0.1) is 12.3 Å². The molecule has 1 saturated heterocycles. The Morgan fingerprint density at radius 3 is 2.50 bits per heavy atom. The summed E-state index contributed by atoms with van der Waals surface area (Å²) in [5.41, 5.74) is 3.58. The van der Waals surface area contributed by atoms with Gasteiger partial charge in [-0.3, -0.25) is 0 Å². The number of aryl methyl sites for hydroxylation is 1. The van der Waals surface area contributed by atoms with Crippen molar-refractivity contribution in [1.82, 2.24) is 5.32 Å². The molecule has 1 spiro atoms. The first kappa shape index (κ1) is 14.1. The first-order chi connectivity index (χ1) is 9.80. The second-order valence-electron chi connectivity index (χ2n) is 7.05. The van der Waals surface area contributed by atoms with Gasteiger partial charge in [0, 0.05) is 12.5 Å². The average Bonchev–Trinajstić information content (AvgIpc) is 2.44. The number of piperidine rings is 1. The second kappa shape index (κ2) is 6.30. The highest BCUT2D eigenvalue weighted by molar-refractivity contribution is 5.28. The molecule has 1 unspecified atom stereocenters. The highest BCUT2D eigenvalue weighted by Gasteiger charge is 2.40. The molecule has 1 aromatic carbocycles. The van der Waals surface area contributed by atoms with Crippen molar-refractivity contribution < 1.29 is 0 Å². The predicted molar refractivity (Wildman–Crippen MR) is 86.2 cm³/mol. The molecular weight excluding hydrogens is 242 g/mol. The molecule has 3 rings (SSSR count). The molecule has 0 aromatic heterocycles. The number of benzene rings is 1. The molecule has 1 saturated carbocycles. The Morgan fingerprint density at radius 1 is 1.00 bits per heavy atom. The van der Waals surface area contributed by atoms with Crippen LogP contribution in [0.5, 0.6) is 0 Å². The van der Waals surface area contributed by atoms with Gasteiger partial charge in [0.05, 0.1) is 0 Å². The summed E-state index contributed by atoms with van der Waals surface area (Å²) in [5.74, 6) is 0.731. The predicted octanol–water partition coefficient (Wildman–Crippen LogP) is 4.80. The van der Waals surface area contributed by atoms with E-state index in [9.17, 15) is 0 Å². The quantitative estimate of drug-likeness (QED) is 0.773. The Kier molecular flexibility index (Phi) is 4.45. The molecule has 1 heterocycles. The fourth-order valence-electron chi connectivity index (χ4n) is 4.54. The Labute approximate surface area is 124 Å². The van der Waals surface area contributed by atoms with Gasteiger partial charge in [-0.15, -0.1) is 0 Å². The lowest BCUT2D eigenvalue weighted by molar-refractivity contribution is 0.117. The van der Waals surface area contributed by atoms with Crippen molar-refractivity contribution in [3.8, 4) is 0 Å². The van der Waals surface area contributed by atoms with Crippen molar-refractivity contribution in [3.05, 3.63) is 35.4 Å². The van der Waals surface area contributed by atoms with Crippen LogP contribution < -0.4 is 5.32 Å². The number of hydrogen-bond donors (Lipinski definition) is 1. The van der Waals surface area contributed by atoms with Crippen molar-refractivity contribution in [2.45, 2.75) is 64.2 Å². The first-order valence-corrected chi connectivity index (χ1v) is 8.57. The molecule has 1 N–H and O–H groups in total. The number of rotatable bonds is 1. The molecule has 0 amide bonds. The molecule has 1 aromatic rings. The highest BCUT2D eigenvalue weighted by Crippen LogP contribution is 2.49. The van der Waals surface area contributed by atoms with Gasteiger partial charge >= 0.3 is 0 Å². The minimum absolute atomic E-state index is 0.583. The van der Waals surface area contributed by atoms with Crippen molar-refractivity contribution >= 4 is 0 Å². The van der Waals surface area contributed by atoms with E-state index >= 15 is 0 Å². The van der Waals surface area contributed by atoms with E-state index in [2.05, 4.69) is 36.5 Å². The van der Waals surface area contributed by atoms with Crippen LogP contribution in [0.1, 0.15) is 68.4 Å². The van der Waals surface area contributed by atoms with Crippen molar-refractivity contribution in [3.63, 3.8) is 0 Å². The van der Waals surface area contributed by atoms with Crippen LogP contribution in [0.25, 0.3) is 0 Å². The van der Waals surface area contributed by atoms with E-state index < -0.39 is 0 Å². The van der Waals surface area contributed by atoms with E-state index in [0.717, 1.165) is 5.92 Å². The van der Waals surface area contributed by atoms with E-state index in [4.69, 9.17) is 0 Å². The maximum Gasteiger partial charge on any atom is 0.00255 e. The third-order valence-corrected chi connectivity index (χ3v) is 5.68. The van der Waals surface area contributed by atoms with Gasteiger partial charge in [-0.05, 0) is 43.7 Å². The van der Waals surface area contributed by atoms with Gasteiger partial charge in [-0.2, -0.15) is 0 Å². The van der Waals surface area contributed by atoms with Gasteiger partial charge in [0.1, 0.15) is 0 Å². The third kappa shape index (κ3) is 2.93. The van der Waals surface area contributed by atoms with Gasteiger partial charge < -0.3 is 5.32 Å². The third-order valence-electron chi connectivity index (χ3n) is 5.68. The number of hydrogen-bond acceptors (Lipinski definition) is 1. The molecule has 2 aliphatic rings. The average molecular weight is 271 g/mol. The fraction of sp³-hybridized carbons (Fsp3) is 0.684. The summed E-state index contributed by atoms with van der Waals surface area (Å²) in [6.07, 6.45) is 11.5. The zero-order valence-corrected chi connectivity index (χ0v) is 13.0. The largest absolute Gasteiger partial charge is 0.316 e. The highest BCUT2D eigenvalue weighted by atomic mass is 14.9. The van der Waals surface area contributed by atoms with Crippen molar-refractivity contribution in [2.24, 2.45) is 5.41 Å². The maximum atomic E-state index is 3.66. The van der Waals surface area contributed by atoms with Crippen LogP contribution in [0.15, 0.2) is 24.3 Å². The maximum absolute atomic E-state index is 3.66. The molecular formula is C19H29N. The zero-order valence-electron chi connectivity index (χ0n) is 13.0. The second-order valence-corrected chi connectivity index (χ2v) is 7.05. The molecule has 1 aliphatic carbocycles. The Balaban J connectivity index is 1.88. The minimum Gasteiger partial charge on any atom is -0.316 e. The van der Waals surface area contributed by atoms with Gasteiger partial charge in [0.2, 0.25) is 0 Å². The molecule has 0 radical (unpaired) electrons. The van der Waals surface area contributed by atoms with Crippen LogP contribution in [0.2, 0.25) is 0 Å². The Morgan fingerprint density at radius 2 is 1.75 bits per heavy atom. The molecule has 20 heavy (non-hydrogen) atoms. The fourth-order valence-corrected chi connectivity index (χ4v) is 4.54. The van der Waals surface area contributed by atoms with Gasteiger partial charge in [0.15, 0.2) is 0 Å². The minimum atomic E-state index is 0.583. The SMILES string of the molecule is Cc1cccc(C2CNCCC23CCCCCCC3)c1. The lowest BCUT2D eigenvalue weighted by Crippen LogP contribution is -2.44. The molecule has 110 valence electrons. The standard InChI is InChI=1S/C19H29N/c1-16-8-7-9-17(14-16)18-15-20-13-12-19(18)10-5-3-2-4-6-11-19/h7-9,14,18,20H,2-6,10-13,15H2,1H3. The molecule has 1 aliphatic heterocycles. The van der Waals surface area contributed by atoms with Gasteiger partial charge in [-0.25, -0.2) is 0 Å². The van der Waals surface area contributed by atoms with Crippen LogP contribution in [0.3, 0.4) is 0 Å². The lowest BCUT2D eigenvalue weighted by atomic mass is 9.62. The normalized spacial score (nSPS) is 26.9. The summed E-state index contributed by atoms with van der Waals surface area (Å²) in [6.45, 7) is 4.64. The Hall–Kier alpha value is -0.820. The summed E-state index contributed by atoms with van der Waals surface area (Å²) in [7, 11) is 0. The van der Waals surface area contributed by atoms with E-state index in [-0.39, 0.29) is 0 Å². The molecule has 0 bridgehead atoms. The van der Waals surface area contributed by atoms with Gasteiger partial charge in [-0.1, -0.05) is 61.9 Å². The van der Waals surface area contributed by atoms with Crippen LogP contribution in [-0.2, 0) is 0 Å². The Bertz CT molecular complexity index is 429. The summed E-state index contributed by atoms with van der Waals surface area (Å²) in [4.78, 5) is 0. The van der Waals surface area contributed by atoms with Crippen LogP contribution in [-0.4, -0.2) is 13.1 Å². The number of nitrogens with one attached hydrogen (secondary N) is 1. The van der Waals surface area contributed by atoms with Crippen LogP contribution in [0.4, 0.5) is 0 Å². The van der Waals surface area contributed by atoms with Gasteiger partial charge in [0.25, 0.3) is 0 Å². The first-order valence-electron chi connectivity index (χ1n) is 8.57.